The zero-order valence-corrected chi connectivity index (χ0v) is 11.0. The van der Waals surface area contributed by atoms with Gasteiger partial charge in [-0.25, -0.2) is 9.59 Å². The molecule has 0 radical (unpaired) electrons. The molecule has 0 saturated carbocycles. The molecule has 112 valence electrons. The molecule has 22 heavy (non-hydrogen) atoms. The lowest BCUT2D eigenvalue weighted by Gasteiger charge is -2.00. The summed E-state index contributed by atoms with van der Waals surface area (Å²) in [5.74, 6) is -2.51. The van der Waals surface area contributed by atoms with Gasteiger partial charge in [0.15, 0.2) is 0 Å². The summed E-state index contributed by atoms with van der Waals surface area (Å²) < 4.78 is 0. The Hall–Kier alpha value is -3.42. The van der Waals surface area contributed by atoms with Gasteiger partial charge in [-0.05, 0) is 24.3 Å². The highest BCUT2D eigenvalue weighted by molar-refractivity contribution is 5.92. The fraction of sp³-hybridized carbons (Fsp3) is 0. The number of benzene rings is 2. The Labute approximate surface area is 124 Å². The highest BCUT2D eigenvalue weighted by atomic mass is 16.8. The van der Waals surface area contributed by atoms with E-state index >= 15 is 0 Å². The van der Waals surface area contributed by atoms with Crippen LogP contribution >= 0.6 is 0 Å². The van der Waals surface area contributed by atoms with E-state index in [0.29, 0.717) is 0 Å². The van der Waals surface area contributed by atoms with Crippen molar-refractivity contribution in [3.05, 3.63) is 59.7 Å². The van der Waals surface area contributed by atoms with Crippen LogP contribution in [0.25, 0.3) is 0 Å². The summed E-state index contributed by atoms with van der Waals surface area (Å²) in [7, 11) is 0. The van der Waals surface area contributed by atoms with Gasteiger partial charge in [-0.2, -0.15) is 0 Å². The predicted octanol–water partition coefficient (Wildman–Crippen LogP) is 2.39. The van der Waals surface area contributed by atoms with Gasteiger partial charge < -0.3 is 10.2 Å². The number of aromatic hydroxyl groups is 2. The molecule has 2 aromatic carbocycles. The molecular formula is C14H10N2O6. The third-order valence-electron chi connectivity index (χ3n) is 2.53. The summed E-state index contributed by atoms with van der Waals surface area (Å²) in [6, 6.07) is 11.3. The Morgan fingerprint density at radius 1 is 0.727 bits per heavy atom. The van der Waals surface area contributed by atoms with Crippen LogP contribution in [0.4, 0.5) is 0 Å². The van der Waals surface area contributed by atoms with Crippen molar-refractivity contribution in [2.75, 3.05) is 0 Å². The third kappa shape index (κ3) is 3.57. The number of hydrogen-bond donors (Lipinski definition) is 2. The lowest BCUT2D eigenvalue weighted by atomic mass is 10.2. The number of nitrogens with zero attached hydrogens (tertiary/aromatic N) is 2. The van der Waals surface area contributed by atoms with Gasteiger partial charge in [0, 0.05) is 0 Å². The van der Waals surface area contributed by atoms with Crippen LogP contribution in [0, 0.1) is 0 Å². The highest BCUT2D eigenvalue weighted by Crippen LogP contribution is 2.18. The van der Waals surface area contributed by atoms with Crippen molar-refractivity contribution in [1.82, 2.24) is 0 Å². The molecule has 0 amide bonds. The molecule has 0 aliphatic rings. The van der Waals surface area contributed by atoms with Crippen LogP contribution in [0.15, 0.2) is 59.1 Å². The Morgan fingerprint density at radius 2 is 1.09 bits per heavy atom. The predicted molar refractivity (Wildman–Crippen MR) is 71.9 cm³/mol. The second-order valence-corrected chi connectivity index (χ2v) is 3.96. The molecule has 0 aliphatic carbocycles. The molecule has 2 aromatic rings. The number of carbonyl (C=O) groups excluding carboxylic acids is 2. The van der Waals surface area contributed by atoms with E-state index in [1.54, 1.807) is 0 Å². The number of para-hydroxylation sites is 2. The maximum absolute atomic E-state index is 11.5. The van der Waals surface area contributed by atoms with E-state index in [-0.39, 0.29) is 22.6 Å². The maximum Gasteiger partial charge on any atom is 0.371 e. The van der Waals surface area contributed by atoms with E-state index in [9.17, 15) is 19.8 Å². The topological polar surface area (TPSA) is 118 Å². The molecule has 0 saturated heterocycles. The van der Waals surface area contributed by atoms with E-state index in [2.05, 4.69) is 20.2 Å². The maximum atomic E-state index is 11.5. The fourth-order valence-electron chi connectivity index (χ4n) is 1.50. The van der Waals surface area contributed by atoms with E-state index in [1.165, 1.54) is 48.5 Å². The van der Waals surface area contributed by atoms with Crippen LogP contribution in [0.1, 0.15) is 20.7 Å². The summed E-state index contributed by atoms with van der Waals surface area (Å²) >= 11 is 0. The molecule has 0 fully saturated rings. The molecule has 0 unspecified atom stereocenters. The first-order valence-corrected chi connectivity index (χ1v) is 5.98. The number of carbonyl (C=O) groups is 2. The van der Waals surface area contributed by atoms with Crippen LogP contribution in [0.3, 0.4) is 0 Å². The minimum absolute atomic E-state index is 0.117. The summed E-state index contributed by atoms with van der Waals surface area (Å²) in [6.45, 7) is 0. The van der Waals surface area contributed by atoms with Crippen molar-refractivity contribution in [3.63, 3.8) is 0 Å². The van der Waals surface area contributed by atoms with Crippen molar-refractivity contribution >= 4 is 11.9 Å². The fourth-order valence-corrected chi connectivity index (χ4v) is 1.50. The Bertz CT molecular complexity index is 667. The average molecular weight is 302 g/mol. The van der Waals surface area contributed by atoms with Crippen LogP contribution in [0.2, 0.25) is 0 Å². The number of phenols is 2. The van der Waals surface area contributed by atoms with Gasteiger partial charge >= 0.3 is 11.9 Å². The minimum atomic E-state index is -0.972. The van der Waals surface area contributed by atoms with Crippen molar-refractivity contribution in [2.24, 2.45) is 10.6 Å². The third-order valence-corrected chi connectivity index (χ3v) is 2.53. The minimum Gasteiger partial charge on any atom is -0.507 e. The smallest absolute Gasteiger partial charge is 0.371 e. The standard InChI is InChI=1S/C14H10N2O6/c17-11-7-3-1-5-9(11)13(19)21-15-16-22-14(20)10-6-2-4-8-12(10)18/h1-8,17-18H. The molecule has 0 aliphatic heterocycles. The van der Waals surface area contributed by atoms with E-state index in [0.717, 1.165) is 0 Å². The summed E-state index contributed by atoms with van der Waals surface area (Å²) in [6.07, 6.45) is 0. The van der Waals surface area contributed by atoms with Crippen molar-refractivity contribution in [1.29, 1.82) is 0 Å². The zero-order valence-electron chi connectivity index (χ0n) is 11.0. The van der Waals surface area contributed by atoms with E-state index in [1.807, 2.05) is 0 Å². The molecule has 2 N–H and O–H groups in total. The number of phenolic OH excluding ortho intramolecular Hbond substituents is 2. The second kappa shape index (κ2) is 6.84. The first-order valence-electron chi connectivity index (χ1n) is 5.98. The van der Waals surface area contributed by atoms with Gasteiger partial charge in [-0.15, -0.1) is 0 Å². The van der Waals surface area contributed by atoms with Gasteiger partial charge in [0.05, 0.1) is 10.6 Å². The SMILES string of the molecule is O=C(ON=NOC(=O)c1ccccc1O)c1ccccc1O. The molecule has 0 aromatic heterocycles. The first-order chi connectivity index (χ1) is 10.6. The second-order valence-electron chi connectivity index (χ2n) is 3.96. The van der Waals surface area contributed by atoms with Crippen molar-refractivity contribution in [3.8, 4) is 11.5 Å². The van der Waals surface area contributed by atoms with E-state index < -0.39 is 11.9 Å². The van der Waals surface area contributed by atoms with Crippen molar-refractivity contribution < 1.29 is 29.5 Å². The quantitative estimate of drug-likeness (QED) is 0.661. The molecule has 0 heterocycles. The first kappa shape index (κ1) is 15.0. The lowest BCUT2D eigenvalue weighted by molar-refractivity contribution is 0.0238. The highest BCUT2D eigenvalue weighted by Gasteiger charge is 2.13. The largest absolute Gasteiger partial charge is 0.507 e. The molecule has 0 bridgehead atoms. The molecule has 0 atom stereocenters. The monoisotopic (exact) mass is 302 g/mol. The Kier molecular flexibility index (Phi) is 4.66. The van der Waals surface area contributed by atoms with Gasteiger partial charge in [0.25, 0.3) is 0 Å². The molecule has 0 spiro atoms. The molecule has 2 rings (SSSR count). The van der Waals surface area contributed by atoms with Crippen LogP contribution in [0.5, 0.6) is 11.5 Å². The van der Waals surface area contributed by atoms with Gasteiger partial charge in [-0.3, -0.25) is 9.68 Å². The molecule has 8 heteroatoms. The van der Waals surface area contributed by atoms with Gasteiger partial charge in [0.2, 0.25) is 0 Å². The Morgan fingerprint density at radius 3 is 1.45 bits per heavy atom. The number of rotatable bonds is 4. The number of hydrogen-bond acceptors (Lipinski definition) is 8. The normalized spacial score (nSPS) is 10.4. The summed E-state index contributed by atoms with van der Waals surface area (Å²) in [4.78, 5) is 31.7. The molecular weight excluding hydrogens is 292 g/mol. The zero-order chi connectivity index (χ0) is 15.9. The lowest BCUT2D eigenvalue weighted by Crippen LogP contribution is -2.02. The van der Waals surface area contributed by atoms with Gasteiger partial charge in [-0.1, -0.05) is 24.3 Å². The summed E-state index contributed by atoms with van der Waals surface area (Å²) in [5, 5.41) is 24.7. The summed E-state index contributed by atoms with van der Waals surface area (Å²) in [5.41, 5.74) is -0.234. The van der Waals surface area contributed by atoms with Crippen LogP contribution in [-0.2, 0) is 9.68 Å². The van der Waals surface area contributed by atoms with Crippen LogP contribution in [-0.4, -0.2) is 22.2 Å². The Balaban J connectivity index is 1.91. The van der Waals surface area contributed by atoms with Crippen molar-refractivity contribution in [2.45, 2.75) is 0 Å². The van der Waals surface area contributed by atoms with Gasteiger partial charge in [0.1, 0.15) is 22.6 Å². The molecule has 8 nitrogen and oxygen atoms in total. The average Bonchev–Trinajstić information content (AvgIpc) is 2.52. The van der Waals surface area contributed by atoms with E-state index in [4.69, 9.17) is 0 Å². The van der Waals surface area contributed by atoms with Crippen LogP contribution < -0.4 is 0 Å².